The van der Waals surface area contributed by atoms with E-state index in [1.807, 2.05) is 38.1 Å². The highest BCUT2D eigenvalue weighted by Crippen LogP contribution is 2.36. The molecule has 2 amide bonds. The van der Waals surface area contributed by atoms with Crippen LogP contribution in [0.1, 0.15) is 35.5 Å². The highest BCUT2D eigenvalue weighted by molar-refractivity contribution is 5.97. The summed E-state index contributed by atoms with van der Waals surface area (Å²) in [5.41, 5.74) is 3.36. The zero-order chi connectivity index (χ0) is 19.8. The van der Waals surface area contributed by atoms with Crippen LogP contribution >= 0.6 is 0 Å². The summed E-state index contributed by atoms with van der Waals surface area (Å²) in [4.78, 5) is 26.8. The molecule has 1 N–H and O–H groups in total. The number of ether oxygens (including phenoxy) is 2. The Hall–Kier alpha value is -3.29. The van der Waals surface area contributed by atoms with Crippen LogP contribution in [0.5, 0.6) is 5.75 Å². The first-order chi connectivity index (χ1) is 13.5. The van der Waals surface area contributed by atoms with Gasteiger partial charge in [0.15, 0.2) is 0 Å². The summed E-state index contributed by atoms with van der Waals surface area (Å²) in [7, 11) is 0. The number of carbonyl (C=O) groups excluding carboxylic acids is 2. The summed E-state index contributed by atoms with van der Waals surface area (Å²) in [5.74, 6) is 0.959. The third-order valence-corrected chi connectivity index (χ3v) is 5.02. The highest BCUT2D eigenvalue weighted by Gasteiger charge is 2.42. The fourth-order valence-corrected chi connectivity index (χ4v) is 3.54. The number of aryl methyl sites for hydroxylation is 2. The van der Waals surface area contributed by atoms with Crippen molar-refractivity contribution in [3.8, 4) is 5.75 Å². The minimum Gasteiger partial charge on any atom is -0.494 e. The smallest absolute Gasteiger partial charge is 0.338 e. The Labute approximate surface area is 162 Å². The van der Waals surface area contributed by atoms with Gasteiger partial charge < -0.3 is 19.3 Å². The maximum Gasteiger partial charge on any atom is 0.338 e. The molecule has 0 spiro atoms. The number of aromatic nitrogens is 1. The van der Waals surface area contributed by atoms with Crippen molar-refractivity contribution in [3.63, 3.8) is 0 Å². The third kappa shape index (κ3) is 3.00. The number of hydrogen-bond donors (Lipinski definition) is 1. The van der Waals surface area contributed by atoms with Gasteiger partial charge in [-0.1, -0.05) is 17.3 Å². The molecule has 1 aromatic carbocycles. The van der Waals surface area contributed by atoms with Gasteiger partial charge in [0.05, 0.1) is 36.2 Å². The predicted octanol–water partition coefficient (Wildman–Crippen LogP) is 2.77. The molecule has 3 heterocycles. The largest absolute Gasteiger partial charge is 0.494 e. The number of amides is 2. The van der Waals surface area contributed by atoms with E-state index in [2.05, 4.69) is 10.5 Å². The molecule has 0 saturated heterocycles. The second-order valence-electron chi connectivity index (χ2n) is 6.71. The molecule has 4 rings (SSSR count). The highest BCUT2D eigenvalue weighted by atomic mass is 16.5. The Bertz CT molecular complexity index is 941. The van der Waals surface area contributed by atoms with E-state index in [-0.39, 0.29) is 19.2 Å². The Morgan fingerprint density at radius 3 is 2.64 bits per heavy atom. The molecule has 0 radical (unpaired) electrons. The topological polar surface area (TPSA) is 93.9 Å². The van der Waals surface area contributed by atoms with Gasteiger partial charge in [0, 0.05) is 5.56 Å². The first-order valence-electron chi connectivity index (χ1n) is 9.12. The lowest BCUT2D eigenvalue weighted by molar-refractivity contribution is -0.136. The lowest BCUT2D eigenvalue weighted by Gasteiger charge is -2.32. The van der Waals surface area contributed by atoms with Gasteiger partial charge in [-0.05, 0) is 38.5 Å². The Morgan fingerprint density at radius 2 is 2.00 bits per heavy atom. The maximum atomic E-state index is 12.9. The zero-order valence-corrected chi connectivity index (χ0v) is 15.9. The Balaban J connectivity index is 1.69. The van der Waals surface area contributed by atoms with E-state index < -0.39 is 12.0 Å². The number of nitrogens with zero attached hydrogens (tertiary/aromatic N) is 2. The second kappa shape index (κ2) is 7.03. The van der Waals surface area contributed by atoms with Crippen LogP contribution in [0, 0.1) is 13.8 Å². The van der Waals surface area contributed by atoms with Crippen LogP contribution in [-0.2, 0) is 16.1 Å². The molecule has 2 aliphatic heterocycles. The number of cyclic esters (lactones) is 1. The number of nitrogens with one attached hydrogen (secondary N) is 1. The van der Waals surface area contributed by atoms with E-state index in [9.17, 15) is 9.59 Å². The van der Waals surface area contributed by atoms with E-state index in [4.69, 9.17) is 14.0 Å². The van der Waals surface area contributed by atoms with Crippen LogP contribution in [0.4, 0.5) is 4.79 Å². The Morgan fingerprint density at radius 1 is 1.25 bits per heavy atom. The third-order valence-electron chi connectivity index (χ3n) is 5.02. The summed E-state index contributed by atoms with van der Waals surface area (Å²) in [6.45, 7) is 6.43. The molecule has 8 heteroatoms. The summed E-state index contributed by atoms with van der Waals surface area (Å²) < 4.78 is 15.9. The van der Waals surface area contributed by atoms with Gasteiger partial charge in [-0.15, -0.1) is 0 Å². The molecular weight excluding hydrogens is 362 g/mol. The van der Waals surface area contributed by atoms with Crippen LogP contribution in [0.25, 0.3) is 0 Å². The van der Waals surface area contributed by atoms with E-state index in [0.717, 1.165) is 16.9 Å². The maximum absolute atomic E-state index is 12.9. The number of rotatable bonds is 5. The molecular formula is C20H21N3O5. The minimum absolute atomic E-state index is 0.0679. The van der Waals surface area contributed by atoms with Gasteiger partial charge in [-0.25, -0.2) is 9.59 Å². The summed E-state index contributed by atoms with van der Waals surface area (Å²) in [6.07, 6.45) is 0. The molecule has 0 saturated carbocycles. The monoisotopic (exact) mass is 383 g/mol. The molecule has 28 heavy (non-hydrogen) atoms. The molecule has 0 unspecified atom stereocenters. The van der Waals surface area contributed by atoms with Crippen molar-refractivity contribution in [3.05, 3.63) is 58.1 Å². The molecule has 2 aliphatic rings. The normalized spacial score (nSPS) is 18.8. The number of carbonyl (C=O) groups is 2. The van der Waals surface area contributed by atoms with Crippen molar-refractivity contribution in [1.29, 1.82) is 0 Å². The summed E-state index contributed by atoms with van der Waals surface area (Å²) in [5, 5.41) is 6.86. The van der Waals surface area contributed by atoms with Crippen molar-refractivity contribution in [1.82, 2.24) is 15.4 Å². The van der Waals surface area contributed by atoms with Crippen molar-refractivity contribution in [2.45, 2.75) is 33.4 Å². The second-order valence-corrected chi connectivity index (χ2v) is 6.71. The Kier molecular flexibility index (Phi) is 4.54. The number of esters is 1. The average molecular weight is 383 g/mol. The van der Waals surface area contributed by atoms with Crippen LogP contribution < -0.4 is 10.1 Å². The van der Waals surface area contributed by atoms with Gasteiger partial charge in [-0.2, -0.15) is 0 Å². The van der Waals surface area contributed by atoms with Crippen molar-refractivity contribution in [2.24, 2.45) is 0 Å². The SMILES string of the molecule is CCOc1ccc([C@@H]2NC(=O)N(Cc3c(C)noc3C)C3=C2C(=O)OC3)cc1. The zero-order valence-electron chi connectivity index (χ0n) is 15.9. The minimum atomic E-state index is -0.561. The van der Waals surface area contributed by atoms with E-state index in [1.54, 1.807) is 6.92 Å². The molecule has 146 valence electrons. The molecule has 1 aromatic heterocycles. The van der Waals surface area contributed by atoms with Crippen LogP contribution in [-0.4, -0.2) is 35.3 Å². The van der Waals surface area contributed by atoms with Crippen molar-refractivity contribution < 1.29 is 23.6 Å². The molecule has 2 aromatic rings. The molecule has 8 nitrogen and oxygen atoms in total. The molecule has 0 aliphatic carbocycles. The lowest BCUT2D eigenvalue weighted by atomic mass is 9.95. The first-order valence-corrected chi connectivity index (χ1v) is 9.12. The van der Waals surface area contributed by atoms with Gasteiger partial charge in [0.2, 0.25) is 0 Å². The summed E-state index contributed by atoms with van der Waals surface area (Å²) in [6, 6.07) is 6.47. The number of urea groups is 1. The quantitative estimate of drug-likeness (QED) is 0.798. The standard InChI is InChI=1S/C20H21N3O5/c1-4-26-14-7-5-13(6-8-14)18-17-16(10-27-19(17)24)23(20(25)21-18)9-15-11(2)22-28-12(15)3/h5-8,18H,4,9-10H2,1-3H3,(H,21,25)/t18-/m0/s1. The predicted molar refractivity (Wildman–Crippen MR) is 98.4 cm³/mol. The lowest BCUT2D eigenvalue weighted by Crippen LogP contribution is -2.46. The van der Waals surface area contributed by atoms with Gasteiger partial charge >= 0.3 is 12.0 Å². The fourth-order valence-electron chi connectivity index (χ4n) is 3.54. The summed E-state index contributed by atoms with van der Waals surface area (Å²) >= 11 is 0. The van der Waals surface area contributed by atoms with Crippen LogP contribution in [0.15, 0.2) is 40.1 Å². The van der Waals surface area contributed by atoms with Crippen LogP contribution in [0.3, 0.4) is 0 Å². The first kappa shape index (κ1) is 18.1. The van der Waals surface area contributed by atoms with Gasteiger partial charge in [0.1, 0.15) is 18.1 Å². The van der Waals surface area contributed by atoms with Crippen LogP contribution in [0.2, 0.25) is 0 Å². The molecule has 0 fully saturated rings. The average Bonchev–Trinajstić information content (AvgIpc) is 3.21. The van der Waals surface area contributed by atoms with Crippen molar-refractivity contribution in [2.75, 3.05) is 13.2 Å². The number of hydrogen-bond acceptors (Lipinski definition) is 6. The van der Waals surface area contributed by atoms with Gasteiger partial charge in [-0.3, -0.25) is 4.90 Å². The fraction of sp³-hybridized carbons (Fsp3) is 0.350. The molecule has 1 atom stereocenters. The van der Waals surface area contributed by atoms with E-state index >= 15 is 0 Å². The van der Waals surface area contributed by atoms with E-state index in [0.29, 0.717) is 29.3 Å². The number of benzene rings is 1. The van der Waals surface area contributed by atoms with Gasteiger partial charge in [0.25, 0.3) is 0 Å². The van der Waals surface area contributed by atoms with E-state index in [1.165, 1.54) is 4.90 Å². The molecule has 0 bridgehead atoms. The van der Waals surface area contributed by atoms with Crippen molar-refractivity contribution >= 4 is 12.0 Å².